The summed E-state index contributed by atoms with van der Waals surface area (Å²) in [4.78, 5) is 3.55. The molecule has 0 aliphatic carbocycles. The van der Waals surface area contributed by atoms with Crippen LogP contribution in [0.25, 0.3) is 0 Å². The van der Waals surface area contributed by atoms with Gasteiger partial charge in [0.1, 0.15) is 0 Å². The van der Waals surface area contributed by atoms with E-state index in [2.05, 4.69) is 14.7 Å². The number of hydrogen-bond acceptors (Lipinski definition) is 3. The summed E-state index contributed by atoms with van der Waals surface area (Å²) in [6.07, 6.45) is -2.66. The summed E-state index contributed by atoms with van der Waals surface area (Å²) in [7, 11) is 0. The third-order valence-electron chi connectivity index (χ3n) is 1.28. The lowest BCUT2D eigenvalue weighted by Gasteiger charge is -2.10. The lowest BCUT2D eigenvalue weighted by Crippen LogP contribution is -2.11. The normalized spacial score (nSPS) is 12.5. The van der Waals surface area contributed by atoms with Crippen molar-refractivity contribution in [3.05, 3.63) is 11.7 Å². The van der Waals surface area contributed by atoms with E-state index in [-0.39, 0.29) is 11.3 Å². The van der Waals surface area contributed by atoms with E-state index in [9.17, 15) is 8.78 Å². The molecule has 1 heterocycles. The van der Waals surface area contributed by atoms with Gasteiger partial charge in [0.05, 0.1) is 0 Å². The predicted molar refractivity (Wildman–Crippen MR) is 38.0 cm³/mol. The first-order valence-corrected chi connectivity index (χ1v) is 3.53. The Morgan fingerprint density at radius 1 is 1.33 bits per heavy atom. The van der Waals surface area contributed by atoms with E-state index in [0.717, 1.165) is 0 Å². The number of nitrogens with zero attached hydrogens (tertiary/aromatic N) is 2. The molecule has 0 fully saturated rings. The molecule has 0 amide bonds. The average Bonchev–Trinajstić information content (AvgIpc) is 2.30. The number of halogens is 2. The molecule has 0 radical (unpaired) electrons. The van der Waals surface area contributed by atoms with Crippen LogP contribution in [0.4, 0.5) is 8.78 Å². The van der Waals surface area contributed by atoms with Crippen molar-refractivity contribution in [1.29, 1.82) is 0 Å². The standard InChI is InChI=1S/C7H10F2N2O/c1-7(2,3)6-10-5(4(8)9)11-12-6/h4H,1-3H3. The zero-order valence-corrected chi connectivity index (χ0v) is 7.14. The predicted octanol–water partition coefficient (Wildman–Crippen LogP) is 2.30. The maximum atomic E-state index is 12.0. The molecule has 0 atom stereocenters. The van der Waals surface area contributed by atoms with E-state index in [4.69, 9.17) is 0 Å². The van der Waals surface area contributed by atoms with Gasteiger partial charge in [-0.25, -0.2) is 8.78 Å². The van der Waals surface area contributed by atoms with Crippen LogP contribution >= 0.6 is 0 Å². The van der Waals surface area contributed by atoms with Gasteiger partial charge in [-0.05, 0) is 0 Å². The van der Waals surface area contributed by atoms with E-state index in [0.29, 0.717) is 0 Å². The van der Waals surface area contributed by atoms with Gasteiger partial charge in [0, 0.05) is 5.41 Å². The largest absolute Gasteiger partial charge is 0.339 e. The maximum absolute atomic E-state index is 12.0. The molecule has 0 aliphatic heterocycles. The SMILES string of the molecule is CC(C)(C)c1nc(C(F)F)no1. The number of alkyl halides is 2. The van der Waals surface area contributed by atoms with Gasteiger partial charge in [-0.3, -0.25) is 0 Å². The highest BCUT2D eigenvalue weighted by molar-refractivity contribution is 4.98. The Labute approximate surface area is 68.8 Å². The summed E-state index contributed by atoms with van der Waals surface area (Å²) >= 11 is 0. The Bertz CT molecular complexity index is 265. The molecule has 0 N–H and O–H groups in total. The second-order valence-electron chi connectivity index (χ2n) is 3.51. The van der Waals surface area contributed by atoms with Gasteiger partial charge in [-0.15, -0.1) is 0 Å². The highest BCUT2D eigenvalue weighted by Gasteiger charge is 2.24. The van der Waals surface area contributed by atoms with Crippen molar-refractivity contribution in [2.24, 2.45) is 0 Å². The first-order valence-electron chi connectivity index (χ1n) is 3.53. The average molecular weight is 176 g/mol. The van der Waals surface area contributed by atoms with Crippen LogP contribution in [0, 0.1) is 0 Å². The van der Waals surface area contributed by atoms with Crippen LogP contribution in [-0.2, 0) is 5.41 Å². The Balaban J connectivity index is 2.92. The Hall–Kier alpha value is -1.00. The fourth-order valence-electron chi connectivity index (χ4n) is 0.628. The van der Waals surface area contributed by atoms with Crippen molar-refractivity contribution in [2.75, 3.05) is 0 Å². The second-order valence-corrected chi connectivity index (χ2v) is 3.51. The minimum absolute atomic E-state index is 0.234. The van der Waals surface area contributed by atoms with Crippen LogP contribution in [0.2, 0.25) is 0 Å². The van der Waals surface area contributed by atoms with Gasteiger partial charge >= 0.3 is 6.43 Å². The molecule has 5 heteroatoms. The van der Waals surface area contributed by atoms with Gasteiger partial charge in [-0.1, -0.05) is 25.9 Å². The lowest BCUT2D eigenvalue weighted by atomic mass is 9.97. The van der Waals surface area contributed by atoms with Crippen molar-refractivity contribution in [3.63, 3.8) is 0 Å². The topological polar surface area (TPSA) is 38.9 Å². The summed E-state index contributed by atoms with van der Waals surface area (Å²) in [5.74, 6) is -0.308. The zero-order valence-electron chi connectivity index (χ0n) is 7.14. The van der Waals surface area contributed by atoms with E-state index in [1.54, 1.807) is 0 Å². The quantitative estimate of drug-likeness (QED) is 0.659. The zero-order chi connectivity index (χ0) is 9.35. The minimum Gasteiger partial charge on any atom is -0.339 e. The van der Waals surface area contributed by atoms with Crippen molar-refractivity contribution >= 4 is 0 Å². The maximum Gasteiger partial charge on any atom is 0.300 e. The van der Waals surface area contributed by atoms with Crippen molar-refractivity contribution in [2.45, 2.75) is 32.6 Å². The second kappa shape index (κ2) is 2.80. The first kappa shape index (κ1) is 9.09. The highest BCUT2D eigenvalue weighted by atomic mass is 19.3. The molecule has 0 saturated heterocycles. The van der Waals surface area contributed by atoms with Crippen LogP contribution in [0.3, 0.4) is 0 Å². The van der Waals surface area contributed by atoms with Gasteiger partial charge in [0.2, 0.25) is 11.7 Å². The third kappa shape index (κ3) is 1.78. The molecule has 0 aromatic carbocycles. The van der Waals surface area contributed by atoms with E-state index in [1.807, 2.05) is 20.8 Å². The first-order chi connectivity index (χ1) is 5.41. The number of hydrogen-bond donors (Lipinski definition) is 0. The molecule has 0 saturated carbocycles. The molecule has 1 rings (SSSR count). The summed E-state index contributed by atoms with van der Waals surface area (Å²) in [5.41, 5.74) is -0.375. The molecule has 68 valence electrons. The molecule has 3 nitrogen and oxygen atoms in total. The van der Waals surface area contributed by atoms with E-state index < -0.39 is 12.2 Å². The molecule has 0 aliphatic rings. The summed E-state index contributed by atoms with van der Waals surface area (Å²) in [6, 6.07) is 0. The monoisotopic (exact) mass is 176 g/mol. The fraction of sp³-hybridized carbons (Fsp3) is 0.714. The summed E-state index contributed by atoms with van der Waals surface area (Å²) in [5, 5.41) is 3.15. The van der Waals surface area contributed by atoms with Crippen LogP contribution in [0.5, 0.6) is 0 Å². The summed E-state index contributed by atoms with van der Waals surface area (Å²) < 4.78 is 28.6. The molecule has 12 heavy (non-hydrogen) atoms. The van der Waals surface area contributed by atoms with E-state index in [1.165, 1.54) is 0 Å². The highest BCUT2D eigenvalue weighted by Crippen LogP contribution is 2.22. The molecular formula is C7H10F2N2O. The van der Waals surface area contributed by atoms with Crippen LogP contribution < -0.4 is 0 Å². The van der Waals surface area contributed by atoms with Crippen LogP contribution in [-0.4, -0.2) is 10.1 Å². The molecule has 0 unspecified atom stereocenters. The van der Waals surface area contributed by atoms with Gasteiger partial charge in [-0.2, -0.15) is 4.98 Å². The molecule has 1 aromatic rings. The van der Waals surface area contributed by atoms with Crippen LogP contribution in [0.15, 0.2) is 4.52 Å². The summed E-state index contributed by atoms with van der Waals surface area (Å²) in [6.45, 7) is 5.45. The van der Waals surface area contributed by atoms with Crippen LogP contribution in [0.1, 0.15) is 38.9 Å². The Morgan fingerprint density at radius 3 is 2.17 bits per heavy atom. The van der Waals surface area contributed by atoms with E-state index >= 15 is 0 Å². The van der Waals surface area contributed by atoms with Crippen molar-refractivity contribution in [1.82, 2.24) is 10.1 Å². The van der Waals surface area contributed by atoms with Gasteiger partial charge in [0.15, 0.2) is 0 Å². The Kier molecular flexibility index (Phi) is 2.12. The Morgan fingerprint density at radius 2 is 1.92 bits per heavy atom. The molecule has 0 spiro atoms. The lowest BCUT2D eigenvalue weighted by molar-refractivity contribution is 0.136. The number of rotatable bonds is 1. The third-order valence-corrected chi connectivity index (χ3v) is 1.28. The van der Waals surface area contributed by atoms with Gasteiger partial charge < -0.3 is 4.52 Å². The molecular weight excluding hydrogens is 166 g/mol. The number of aromatic nitrogens is 2. The smallest absolute Gasteiger partial charge is 0.300 e. The molecule has 1 aromatic heterocycles. The minimum atomic E-state index is -2.66. The van der Waals surface area contributed by atoms with Crippen molar-refractivity contribution < 1.29 is 13.3 Å². The van der Waals surface area contributed by atoms with Gasteiger partial charge in [0.25, 0.3) is 0 Å². The van der Waals surface area contributed by atoms with Crippen molar-refractivity contribution in [3.8, 4) is 0 Å². The molecule has 0 bridgehead atoms. The fourth-order valence-corrected chi connectivity index (χ4v) is 0.628.